The Morgan fingerprint density at radius 2 is 0.885 bits per heavy atom. The Labute approximate surface area is 152 Å². The SMILES string of the molecule is N#Cc1nc(-c2ccccc2)c(-c2ccccc2)nc1-c1ccccc1. The molecule has 0 aliphatic carbocycles. The fourth-order valence-corrected chi connectivity index (χ4v) is 2.91. The van der Waals surface area contributed by atoms with Crippen LogP contribution < -0.4 is 0 Å². The Morgan fingerprint density at radius 3 is 1.31 bits per heavy atom. The highest BCUT2D eigenvalue weighted by Gasteiger charge is 2.17. The Morgan fingerprint density at radius 1 is 0.500 bits per heavy atom. The van der Waals surface area contributed by atoms with E-state index in [0.717, 1.165) is 22.4 Å². The highest BCUT2D eigenvalue weighted by Crippen LogP contribution is 2.32. The van der Waals surface area contributed by atoms with Crippen LogP contribution in [0.25, 0.3) is 33.8 Å². The molecule has 0 amide bonds. The first-order chi connectivity index (χ1) is 12.9. The van der Waals surface area contributed by atoms with Crippen molar-refractivity contribution in [2.45, 2.75) is 0 Å². The van der Waals surface area contributed by atoms with E-state index < -0.39 is 0 Å². The van der Waals surface area contributed by atoms with Crippen molar-refractivity contribution in [1.29, 1.82) is 5.26 Å². The molecular weight excluding hydrogens is 318 g/mol. The largest absolute Gasteiger partial charge is 0.242 e. The van der Waals surface area contributed by atoms with Gasteiger partial charge in [0.15, 0.2) is 5.69 Å². The molecule has 1 heterocycles. The lowest BCUT2D eigenvalue weighted by Crippen LogP contribution is -2.00. The van der Waals surface area contributed by atoms with Crippen molar-refractivity contribution in [1.82, 2.24) is 9.97 Å². The maximum atomic E-state index is 9.66. The summed E-state index contributed by atoms with van der Waals surface area (Å²) in [5.74, 6) is 0. The summed E-state index contributed by atoms with van der Waals surface area (Å²) in [6, 6.07) is 31.7. The molecule has 3 aromatic carbocycles. The Kier molecular flexibility index (Phi) is 4.24. The summed E-state index contributed by atoms with van der Waals surface area (Å²) in [6.45, 7) is 0. The van der Waals surface area contributed by atoms with Gasteiger partial charge in [-0.3, -0.25) is 0 Å². The summed E-state index contributed by atoms with van der Waals surface area (Å²) >= 11 is 0. The lowest BCUT2D eigenvalue weighted by atomic mass is 10.0. The number of benzene rings is 3. The van der Waals surface area contributed by atoms with E-state index in [0.29, 0.717) is 17.1 Å². The van der Waals surface area contributed by atoms with Crippen LogP contribution in [0.1, 0.15) is 5.69 Å². The van der Waals surface area contributed by atoms with E-state index in [4.69, 9.17) is 9.97 Å². The molecule has 0 fully saturated rings. The van der Waals surface area contributed by atoms with Gasteiger partial charge in [-0.1, -0.05) is 91.0 Å². The quantitative estimate of drug-likeness (QED) is 0.508. The Hall–Kier alpha value is -3.77. The second kappa shape index (κ2) is 7.00. The average Bonchev–Trinajstić information content (AvgIpc) is 2.74. The third-order valence-electron chi connectivity index (χ3n) is 4.14. The van der Waals surface area contributed by atoms with Crippen LogP contribution in [0.4, 0.5) is 0 Å². The molecular formula is C23H15N3. The van der Waals surface area contributed by atoms with Crippen molar-refractivity contribution in [2.75, 3.05) is 0 Å². The van der Waals surface area contributed by atoms with Gasteiger partial charge in [0, 0.05) is 16.7 Å². The number of hydrogen-bond acceptors (Lipinski definition) is 3. The van der Waals surface area contributed by atoms with Crippen molar-refractivity contribution in [3.8, 4) is 39.8 Å². The molecule has 4 rings (SSSR count). The number of nitrogens with zero attached hydrogens (tertiary/aromatic N) is 3. The van der Waals surface area contributed by atoms with Crippen molar-refractivity contribution in [2.24, 2.45) is 0 Å². The van der Waals surface area contributed by atoms with Crippen LogP contribution >= 0.6 is 0 Å². The Bertz CT molecular complexity index is 1070. The van der Waals surface area contributed by atoms with E-state index in [1.807, 2.05) is 91.0 Å². The first kappa shape index (κ1) is 15.7. The van der Waals surface area contributed by atoms with Gasteiger partial charge in [0.2, 0.25) is 0 Å². The molecule has 0 bridgehead atoms. The molecule has 0 spiro atoms. The summed E-state index contributed by atoms with van der Waals surface area (Å²) in [4.78, 5) is 9.57. The van der Waals surface area contributed by atoms with Crippen molar-refractivity contribution < 1.29 is 0 Å². The zero-order valence-electron chi connectivity index (χ0n) is 14.0. The molecule has 0 saturated carbocycles. The minimum atomic E-state index is 0.328. The zero-order valence-corrected chi connectivity index (χ0v) is 14.0. The van der Waals surface area contributed by atoms with Crippen LogP contribution in [0.15, 0.2) is 91.0 Å². The van der Waals surface area contributed by atoms with Crippen LogP contribution in [0.2, 0.25) is 0 Å². The predicted molar refractivity (Wildman–Crippen MR) is 103 cm³/mol. The number of aromatic nitrogens is 2. The monoisotopic (exact) mass is 333 g/mol. The first-order valence-electron chi connectivity index (χ1n) is 8.35. The summed E-state index contributed by atoms with van der Waals surface area (Å²) < 4.78 is 0. The average molecular weight is 333 g/mol. The van der Waals surface area contributed by atoms with Crippen molar-refractivity contribution >= 4 is 0 Å². The molecule has 0 aliphatic heterocycles. The van der Waals surface area contributed by atoms with Gasteiger partial charge in [-0.15, -0.1) is 0 Å². The van der Waals surface area contributed by atoms with Gasteiger partial charge in [-0.2, -0.15) is 5.26 Å². The molecule has 4 aromatic rings. The topological polar surface area (TPSA) is 49.6 Å². The van der Waals surface area contributed by atoms with Gasteiger partial charge >= 0.3 is 0 Å². The number of nitriles is 1. The minimum Gasteiger partial charge on any atom is -0.242 e. The summed E-state index contributed by atoms with van der Waals surface area (Å²) in [5.41, 5.74) is 5.22. The standard InChI is InChI=1S/C23H15N3/c24-16-20-21(17-10-4-1-5-11-17)26-23(19-14-8-3-9-15-19)22(25-20)18-12-6-2-7-13-18/h1-15H. The number of rotatable bonds is 3. The van der Waals surface area contributed by atoms with Crippen molar-refractivity contribution in [3.63, 3.8) is 0 Å². The van der Waals surface area contributed by atoms with Gasteiger partial charge in [-0.25, -0.2) is 9.97 Å². The molecule has 1 aromatic heterocycles. The predicted octanol–water partition coefficient (Wildman–Crippen LogP) is 5.35. The van der Waals surface area contributed by atoms with Crippen LogP contribution in [-0.2, 0) is 0 Å². The highest BCUT2D eigenvalue weighted by molar-refractivity contribution is 5.81. The zero-order chi connectivity index (χ0) is 17.8. The molecule has 122 valence electrons. The molecule has 0 radical (unpaired) electrons. The maximum Gasteiger partial charge on any atom is 0.167 e. The van der Waals surface area contributed by atoms with Crippen LogP contribution in [0.5, 0.6) is 0 Å². The van der Waals surface area contributed by atoms with E-state index in [-0.39, 0.29) is 0 Å². The molecule has 3 nitrogen and oxygen atoms in total. The molecule has 0 aliphatic rings. The van der Waals surface area contributed by atoms with E-state index in [9.17, 15) is 5.26 Å². The second-order valence-electron chi connectivity index (χ2n) is 5.83. The summed E-state index contributed by atoms with van der Waals surface area (Å²) in [6.07, 6.45) is 0. The number of hydrogen-bond donors (Lipinski definition) is 0. The van der Waals surface area contributed by atoms with E-state index >= 15 is 0 Å². The van der Waals surface area contributed by atoms with Crippen LogP contribution in [0.3, 0.4) is 0 Å². The van der Waals surface area contributed by atoms with Crippen LogP contribution in [0, 0.1) is 11.3 Å². The lowest BCUT2D eigenvalue weighted by molar-refractivity contribution is 1.18. The normalized spacial score (nSPS) is 10.3. The first-order valence-corrected chi connectivity index (χ1v) is 8.35. The van der Waals surface area contributed by atoms with Gasteiger partial charge in [0.1, 0.15) is 11.8 Å². The van der Waals surface area contributed by atoms with E-state index in [2.05, 4.69) is 6.07 Å². The minimum absolute atomic E-state index is 0.328. The molecule has 26 heavy (non-hydrogen) atoms. The van der Waals surface area contributed by atoms with Gasteiger partial charge in [0.25, 0.3) is 0 Å². The van der Waals surface area contributed by atoms with Gasteiger partial charge in [0.05, 0.1) is 11.4 Å². The molecule has 0 saturated heterocycles. The molecule has 0 unspecified atom stereocenters. The summed E-state index contributed by atoms with van der Waals surface area (Å²) in [5, 5.41) is 9.66. The molecule has 0 atom stereocenters. The lowest BCUT2D eigenvalue weighted by Gasteiger charge is -2.12. The second-order valence-corrected chi connectivity index (χ2v) is 5.83. The maximum absolute atomic E-state index is 9.66. The van der Waals surface area contributed by atoms with Crippen molar-refractivity contribution in [3.05, 3.63) is 96.7 Å². The smallest absolute Gasteiger partial charge is 0.167 e. The van der Waals surface area contributed by atoms with E-state index in [1.54, 1.807) is 0 Å². The van der Waals surface area contributed by atoms with E-state index in [1.165, 1.54) is 0 Å². The molecule has 0 N–H and O–H groups in total. The third-order valence-corrected chi connectivity index (χ3v) is 4.14. The van der Waals surface area contributed by atoms with Crippen LogP contribution in [-0.4, -0.2) is 9.97 Å². The fraction of sp³-hybridized carbons (Fsp3) is 0. The third kappa shape index (κ3) is 2.97. The fourth-order valence-electron chi connectivity index (χ4n) is 2.91. The highest BCUT2D eigenvalue weighted by atomic mass is 14.9. The Balaban J connectivity index is 2.02. The van der Waals surface area contributed by atoms with Gasteiger partial charge < -0.3 is 0 Å². The summed E-state index contributed by atoms with van der Waals surface area (Å²) in [7, 11) is 0. The molecule has 3 heteroatoms. The van der Waals surface area contributed by atoms with Gasteiger partial charge in [-0.05, 0) is 0 Å².